The molecule has 0 aliphatic carbocycles. The van der Waals surface area contributed by atoms with Crippen LogP contribution in [0.25, 0.3) is 0 Å². The summed E-state index contributed by atoms with van der Waals surface area (Å²) in [6.45, 7) is 12.1. The van der Waals surface area contributed by atoms with E-state index in [1.54, 1.807) is 0 Å². The van der Waals surface area contributed by atoms with Crippen molar-refractivity contribution in [1.82, 2.24) is 5.32 Å². The fraction of sp³-hybridized carbons (Fsp3) is 0.846. The molecule has 0 heterocycles. The third-order valence-electron chi connectivity index (χ3n) is 1.73. The van der Waals surface area contributed by atoms with Crippen LogP contribution >= 0.6 is 0 Å². The molecule has 1 unspecified atom stereocenters. The highest BCUT2D eigenvalue weighted by Gasteiger charge is 2.07. The Bertz CT molecular complexity index is 173. The Kier molecular flexibility index (Phi) is 24.9. The van der Waals surface area contributed by atoms with Gasteiger partial charge in [-0.3, -0.25) is 4.79 Å². The second-order valence-electron chi connectivity index (χ2n) is 2.80. The van der Waals surface area contributed by atoms with E-state index in [9.17, 15) is 4.79 Å². The van der Waals surface area contributed by atoms with Crippen LogP contribution in [0.1, 0.15) is 67.2 Å². The van der Waals surface area contributed by atoms with Gasteiger partial charge in [0.15, 0.2) is 0 Å². The van der Waals surface area contributed by atoms with Crippen molar-refractivity contribution < 1.29 is 4.79 Å². The third-order valence-corrected chi connectivity index (χ3v) is 1.73. The van der Waals surface area contributed by atoms with Crippen molar-refractivity contribution in [2.45, 2.75) is 73.3 Å². The average molecular weight is 228 g/mol. The van der Waals surface area contributed by atoms with Crippen LogP contribution in [0, 0.1) is 11.3 Å². The molecule has 0 aliphatic heterocycles. The van der Waals surface area contributed by atoms with Crippen molar-refractivity contribution >= 4 is 5.91 Å². The smallest absolute Gasteiger partial charge is 0.234 e. The molecular formula is C13H28N2O. The maximum Gasteiger partial charge on any atom is 0.234 e. The van der Waals surface area contributed by atoms with Crippen LogP contribution in [0.4, 0.5) is 0 Å². The molecular weight excluding hydrogens is 200 g/mol. The number of nitrogens with zero attached hydrogens (tertiary/aromatic N) is 1. The second-order valence-corrected chi connectivity index (χ2v) is 2.80. The summed E-state index contributed by atoms with van der Waals surface area (Å²) in [5.41, 5.74) is 0. The van der Waals surface area contributed by atoms with Crippen LogP contribution in [0.2, 0.25) is 0 Å². The van der Waals surface area contributed by atoms with Gasteiger partial charge in [-0.15, -0.1) is 0 Å². The molecule has 0 saturated carbocycles. The molecule has 0 spiro atoms. The minimum atomic E-state index is -0.155. The summed E-state index contributed by atoms with van der Waals surface area (Å²) in [6, 6.07) is 2.07. The van der Waals surface area contributed by atoms with Crippen LogP contribution < -0.4 is 5.32 Å². The van der Waals surface area contributed by atoms with E-state index in [0.29, 0.717) is 0 Å². The summed E-state index contributed by atoms with van der Waals surface area (Å²) in [4.78, 5) is 11.0. The molecule has 0 aliphatic rings. The first-order valence-corrected chi connectivity index (χ1v) is 6.40. The molecule has 0 saturated heterocycles. The summed E-state index contributed by atoms with van der Waals surface area (Å²) < 4.78 is 0. The molecule has 1 N–H and O–H groups in total. The first-order chi connectivity index (χ1) is 7.74. The standard InChI is InChI=1S/C9H16N2O.2C2H6/c1-3-5-8(4-2)11-9(12)6-7-10;2*1-2/h8H,3-6H2,1-2H3,(H,11,12);2*1-2H3. The van der Waals surface area contributed by atoms with Gasteiger partial charge in [0, 0.05) is 6.04 Å². The van der Waals surface area contributed by atoms with Gasteiger partial charge >= 0.3 is 0 Å². The van der Waals surface area contributed by atoms with Crippen LogP contribution in [0.3, 0.4) is 0 Å². The van der Waals surface area contributed by atoms with Gasteiger partial charge in [0.2, 0.25) is 5.91 Å². The highest BCUT2D eigenvalue weighted by molar-refractivity contribution is 5.78. The first kappa shape index (κ1) is 20.4. The number of carbonyl (C=O) groups is 1. The quantitative estimate of drug-likeness (QED) is 0.781. The Morgan fingerprint density at radius 2 is 1.75 bits per heavy atom. The lowest BCUT2D eigenvalue weighted by molar-refractivity contribution is -0.120. The molecule has 3 heteroatoms. The zero-order valence-electron chi connectivity index (χ0n) is 11.8. The predicted octanol–water partition coefficient (Wildman–Crippen LogP) is 3.65. The number of nitriles is 1. The fourth-order valence-corrected chi connectivity index (χ4v) is 1.08. The van der Waals surface area contributed by atoms with E-state index in [2.05, 4.69) is 12.2 Å². The molecule has 1 amide bonds. The minimum Gasteiger partial charge on any atom is -0.352 e. The minimum absolute atomic E-state index is 0.0276. The SMILES string of the molecule is CC.CC.CCCC(CC)NC(=O)CC#N. The largest absolute Gasteiger partial charge is 0.352 e. The van der Waals surface area contributed by atoms with Crippen molar-refractivity contribution in [2.24, 2.45) is 0 Å². The van der Waals surface area contributed by atoms with Crippen molar-refractivity contribution in [3.63, 3.8) is 0 Å². The number of rotatable bonds is 5. The molecule has 3 nitrogen and oxygen atoms in total. The van der Waals surface area contributed by atoms with Crippen molar-refractivity contribution in [3.8, 4) is 6.07 Å². The first-order valence-electron chi connectivity index (χ1n) is 6.40. The van der Waals surface area contributed by atoms with Gasteiger partial charge in [-0.05, 0) is 12.8 Å². The van der Waals surface area contributed by atoms with E-state index >= 15 is 0 Å². The Hall–Kier alpha value is -1.04. The number of amides is 1. The van der Waals surface area contributed by atoms with Gasteiger partial charge in [0.05, 0.1) is 6.07 Å². The Morgan fingerprint density at radius 1 is 1.25 bits per heavy atom. The van der Waals surface area contributed by atoms with Crippen molar-refractivity contribution in [3.05, 3.63) is 0 Å². The van der Waals surface area contributed by atoms with Crippen LogP contribution in [-0.2, 0) is 4.79 Å². The molecule has 0 aromatic rings. The molecule has 0 bridgehead atoms. The molecule has 0 aromatic heterocycles. The highest BCUT2D eigenvalue weighted by Crippen LogP contribution is 2.00. The monoisotopic (exact) mass is 228 g/mol. The maximum atomic E-state index is 11.0. The Balaban J connectivity index is -0.000000376. The van der Waals surface area contributed by atoms with Gasteiger partial charge in [-0.2, -0.15) is 5.26 Å². The lowest BCUT2D eigenvalue weighted by Gasteiger charge is -2.14. The topological polar surface area (TPSA) is 52.9 Å². The number of nitrogens with one attached hydrogen (secondary N) is 1. The van der Waals surface area contributed by atoms with Crippen molar-refractivity contribution in [1.29, 1.82) is 5.26 Å². The zero-order valence-corrected chi connectivity index (χ0v) is 11.8. The van der Waals surface area contributed by atoms with Gasteiger partial charge in [-0.25, -0.2) is 0 Å². The Morgan fingerprint density at radius 3 is 2.06 bits per heavy atom. The number of hydrogen-bond donors (Lipinski definition) is 1. The summed E-state index contributed by atoms with van der Waals surface area (Å²) in [6.07, 6.45) is 2.96. The summed E-state index contributed by atoms with van der Waals surface area (Å²) in [5, 5.41) is 11.0. The summed E-state index contributed by atoms with van der Waals surface area (Å²) in [5.74, 6) is -0.155. The van der Waals surface area contributed by atoms with Crippen LogP contribution in [0.15, 0.2) is 0 Å². The predicted molar refractivity (Wildman–Crippen MR) is 70.1 cm³/mol. The van der Waals surface area contributed by atoms with E-state index in [1.807, 2.05) is 40.7 Å². The second kappa shape index (κ2) is 19.5. The van der Waals surface area contributed by atoms with Gasteiger partial charge in [0.1, 0.15) is 6.42 Å². The molecule has 1 atom stereocenters. The number of hydrogen-bond acceptors (Lipinski definition) is 2. The maximum absolute atomic E-state index is 11.0. The van der Waals surface area contributed by atoms with E-state index in [4.69, 9.17) is 5.26 Å². The fourth-order valence-electron chi connectivity index (χ4n) is 1.08. The van der Waals surface area contributed by atoms with Crippen LogP contribution in [0.5, 0.6) is 0 Å². The summed E-state index contributed by atoms with van der Waals surface area (Å²) in [7, 11) is 0. The van der Waals surface area contributed by atoms with E-state index in [1.165, 1.54) is 0 Å². The molecule has 16 heavy (non-hydrogen) atoms. The normalized spacial score (nSPS) is 9.56. The van der Waals surface area contributed by atoms with E-state index in [0.717, 1.165) is 19.3 Å². The lowest BCUT2D eigenvalue weighted by Crippen LogP contribution is -2.33. The van der Waals surface area contributed by atoms with Gasteiger partial charge in [0.25, 0.3) is 0 Å². The third kappa shape index (κ3) is 15.4. The molecule has 96 valence electrons. The van der Waals surface area contributed by atoms with Gasteiger partial charge < -0.3 is 5.32 Å². The van der Waals surface area contributed by atoms with E-state index in [-0.39, 0.29) is 18.4 Å². The Labute approximate surface area is 101 Å². The van der Waals surface area contributed by atoms with Crippen molar-refractivity contribution in [2.75, 3.05) is 0 Å². The molecule has 0 fully saturated rings. The van der Waals surface area contributed by atoms with Gasteiger partial charge in [-0.1, -0.05) is 48.0 Å². The zero-order chi connectivity index (χ0) is 13.4. The number of carbonyl (C=O) groups excluding carboxylic acids is 1. The average Bonchev–Trinajstić information content (AvgIpc) is 2.34. The molecule has 0 rings (SSSR count). The van der Waals surface area contributed by atoms with Crippen LogP contribution in [-0.4, -0.2) is 11.9 Å². The summed E-state index contributed by atoms with van der Waals surface area (Å²) >= 11 is 0. The molecule has 0 radical (unpaired) electrons. The molecule has 0 aromatic carbocycles. The lowest BCUT2D eigenvalue weighted by atomic mass is 10.1. The van der Waals surface area contributed by atoms with E-state index < -0.39 is 0 Å². The highest BCUT2D eigenvalue weighted by atomic mass is 16.1.